The van der Waals surface area contributed by atoms with Gasteiger partial charge in [-0.15, -0.1) is 0 Å². The van der Waals surface area contributed by atoms with Gasteiger partial charge >= 0.3 is 0 Å². The lowest BCUT2D eigenvalue weighted by Gasteiger charge is -2.23. The highest BCUT2D eigenvalue weighted by Gasteiger charge is 2.36. The molecule has 0 unspecified atom stereocenters. The van der Waals surface area contributed by atoms with Crippen LogP contribution >= 0.6 is 0 Å². The molecule has 0 heterocycles. The molecule has 132 valence electrons. The molecule has 0 aliphatic rings. The number of ether oxygens (including phenoxy) is 1. The van der Waals surface area contributed by atoms with Crippen molar-refractivity contribution in [3.63, 3.8) is 0 Å². The average Bonchev–Trinajstić information content (AvgIpc) is 2.56. The van der Waals surface area contributed by atoms with Crippen molar-refractivity contribution in [3.8, 4) is 5.75 Å². The number of rotatable bonds is 6. The zero-order valence-corrected chi connectivity index (χ0v) is 15.1. The molecule has 2 aromatic rings. The predicted molar refractivity (Wildman–Crippen MR) is 99.8 cm³/mol. The molecule has 0 fully saturated rings. The van der Waals surface area contributed by atoms with Gasteiger partial charge in [-0.2, -0.15) is 0 Å². The van der Waals surface area contributed by atoms with Crippen molar-refractivity contribution in [1.29, 1.82) is 0 Å². The zero-order chi connectivity index (χ0) is 18.4. The molecule has 0 saturated heterocycles. The number of aryl methyl sites for hydroxylation is 1. The summed E-state index contributed by atoms with van der Waals surface area (Å²) in [6.45, 7) is 7.49. The predicted octanol–water partition coefficient (Wildman–Crippen LogP) is 4.00. The van der Waals surface area contributed by atoms with E-state index in [2.05, 4.69) is 10.6 Å². The summed E-state index contributed by atoms with van der Waals surface area (Å²) in [6.07, 6.45) is 0. The lowest BCUT2D eigenvalue weighted by molar-refractivity contribution is -0.135. The summed E-state index contributed by atoms with van der Waals surface area (Å²) in [6, 6.07) is 14.6. The van der Waals surface area contributed by atoms with E-state index in [1.54, 1.807) is 38.1 Å². The molecule has 0 atom stereocenters. The maximum absolute atomic E-state index is 12.7. The monoisotopic (exact) mass is 340 g/mol. The van der Waals surface area contributed by atoms with Crippen LogP contribution in [0, 0.1) is 12.3 Å². The van der Waals surface area contributed by atoms with Crippen LogP contribution in [0.3, 0.4) is 0 Å². The summed E-state index contributed by atoms with van der Waals surface area (Å²) in [7, 11) is 0. The number of amides is 2. The topological polar surface area (TPSA) is 67.4 Å². The maximum Gasteiger partial charge on any atom is 0.239 e. The van der Waals surface area contributed by atoms with Gasteiger partial charge in [0.25, 0.3) is 0 Å². The van der Waals surface area contributed by atoms with Crippen molar-refractivity contribution in [2.24, 2.45) is 5.41 Å². The van der Waals surface area contributed by atoms with Gasteiger partial charge in [-0.25, -0.2) is 0 Å². The normalized spacial score (nSPS) is 10.9. The van der Waals surface area contributed by atoms with Gasteiger partial charge in [0.1, 0.15) is 11.2 Å². The third-order valence-electron chi connectivity index (χ3n) is 3.85. The molecule has 2 amide bonds. The first kappa shape index (κ1) is 18.5. The van der Waals surface area contributed by atoms with Crippen molar-refractivity contribution in [2.45, 2.75) is 27.7 Å². The fraction of sp³-hybridized carbons (Fsp3) is 0.300. The fourth-order valence-electron chi connectivity index (χ4n) is 2.24. The van der Waals surface area contributed by atoms with Crippen molar-refractivity contribution in [2.75, 3.05) is 17.2 Å². The Morgan fingerprint density at radius 1 is 1.00 bits per heavy atom. The second kappa shape index (κ2) is 7.83. The molecule has 2 N–H and O–H groups in total. The first-order valence-electron chi connectivity index (χ1n) is 8.26. The van der Waals surface area contributed by atoms with Gasteiger partial charge in [-0.3, -0.25) is 9.59 Å². The molecular formula is C20H24N2O3. The SMILES string of the molecule is CCOc1ccccc1NC(=O)C(C)(C)C(=O)Nc1cccc(C)c1. The van der Waals surface area contributed by atoms with E-state index in [1.807, 2.05) is 38.1 Å². The lowest BCUT2D eigenvalue weighted by Crippen LogP contribution is -2.41. The molecule has 0 saturated carbocycles. The van der Waals surface area contributed by atoms with Gasteiger partial charge in [0, 0.05) is 5.69 Å². The number of hydrogen-bond acceptors (Lipinski definition) is 3. The van der Waals surface area contributed by atoms with Crippen LogP contribution in [0.5, 0.6) is 5.75 Å². The number of benzene rings is 2. The van der Waals surface area contributed by atoms with Crippen LogP contribution in [0.2, 0.25) is 0 Å². The molecule has 0 aliphatic carbocycles. The van der Waals surface area contributed by atoms with Crippen LogP contribution in [0.4, 0.5) is 11.4 Å². The van der Waals surface area contributed by atoms with Crippen molar-refractivity contribution in [3.05, 3.63) is 54.1 Å². The van der Waals surface area contributed by atoms with Crippen LogP contribution in [0.25, 0.3) is 0 Å². The Bertz CT molecular complexity index is 769. The summed E-state index contributed by atoms with van der Waals surface area (Å²) >= 11 is 0. The van der Waals surface area contributed by atoms with Crippen molar-refractivity contribution < 1.29 is 14.3 Å². The molecule has 2 rings (SSSR count). The average molecular weight is 340 g/mol. The Morgan fingerprint density at radius 2 is 1.68 bits per heavy atom. The Kier molecular flexibility index (Phi) is 5.80. The van der Waals surface area contributed by atoms with E-state index in [9.17, 15) is 9.59 Å². The molecule has 25 heavy (non-hydrogen) atoms. The van der Waals surface area contributed by atoms with Gasteiger partial charge in [0.15, 0.2) is 0 Å². The number of hydrogen-bond donors (Lipinski definition) is 2. The van der Waals surface area contributed by atoms with E-state index in [0.29, 0.717) is 23.7 Å². The fourth-order valence-corrected chi connectivity index (χ4v) is 2.24. The van der Waals surface area contributed by atoms with Crippen LogP contribution in [0.1, 0.15) is 26.3 Å². The molecule has 5 nitrogen and oxygen atoms in total. The number of carbonyl (C=O) groups excluding carboxylic acids is 2. The highest BCUT2D eigenvalue weighted by molar-refractivity contribution is 6.14. The summed E-state index contributed by atoms with van der Waals surface area (Å²) < 4.78 is 5.50. The number of nitrogens with one attached hydrogen (secondary N) is 2. The maximum atomic E-state index is 12.7. The summed E-state index contributed by atoms with van der Waals surface area (Å²) in [5, 5.41) is 5.59. The summed E-state index contributed by atoms with van der Waals surface area (Å²) in [5.74, 6) is -0.192. The van der Waals surface area contributed by atoms with Gasteiger partial charge in [-0.05, 0) is 57.5 Å². The minimum atomic E-state index is -1.25. The molecule has 0 radical (unpaired) electrons. The Labute approximate surface area is 148 Å². The van der Waals surface area contributed by atoms with E-state index < -0.39 is 11.3 Å². The Morgan fingerprint density at radius 3 is 2.36 bits per heavy atom. The van der Waals surface area contributed by atoms with Gasteiger partial charge in [-0.1, -0.05) is 24.3 Å². The second-order valence-electron chi connectivity index (χ2n) is 6.33. The van der Waals surface area contributed by atoms with E-state index in [0.717, 1.165) is 5.56 Å². The van der Waals surface area contributed by atoms with E-state index in [-0.39, 0.29) is 5.91 Å². The quantitative estimate of drug-likeness (QED) is 0.781. The standard InChI is InChI=1S/C20H24N2O3/c1-5-25-17-12-7-6-11-16(17)22-19(24)20(3,4)18(23)21-15-10-8-9-14(2)13-15/h6-13H,5H2,1-4H3,(H,21,23)(H,22,24). The van der Waals surface area contributed by atoms with E-state index >= 15 is 0 Å². The van der Waals surface area contributed by atoms with Gasteiger partial charge in [0.2, 0.25) is 11.8 Å². The van der Waals surface area contributed by atoms with Gasteiger partial charge in [0.05, 0.1) is 12.3 Å². The third kappa shape index (κ3) is 4.59. The molecule has 0 bridgehead atoms. The Balaban J connectivity index is 2.12. The summed E-state index contributed by atoms with van der Waals surface area (Å²) in [5.41, 5.74) is 1.00. The summed E-state index contributed by atoms with van der Waals surface area (Å²) in [4.78, 5) is 25.2. The first-order valence-corrected chi connectivity index (χ1v) is 8.26. The van der Waals surface area contributed by atoms with E-state index in [1.165, 1.54) is 0 Å². The van der Waals surface area contributed by atoms with Crippen LogP contribution < -0.4 is 15.4 Å². The molecule has 5 heteroatoms. The molecule has 0 aromatic heterocycles. The largest absolute Gasteiger partial charge is 0.492 e. The smallest absolute Gasteiger partial charge is 0.239 e. The minimum absolute atomic E-state index is 0.371. The van der Waals surface area contributed by atoms with Crippen LogP contribution in [0.15, 0.2) is 48.5 Å². The third-order valence-corrected chi connectivity index (χ3v) is 3.85. The zero-order valence-electron chi connectivity index (χ0n) is 15.1. The highest BCUT2D eigenvalue weighted by atomic mass is 16.5. The number of para-hydroxylation sites is 2. The lowest BCUT2D eigenvalue weighted by atomic mass is 9.90. The van der Waals surface area contributed by atoms with Crippen molar-refractivity contribution in [1.82, 2.24) is 0 Å². The Hall–Kier alpha value is -2.82. The van der Waals surface area contributed by atoms with Crippen LogP contribution in [-0.2, 0) is 9.59 Å². The number of anilines is 2. The first-order chi connectivity index (χ1) is 11.8. The molecule has 0 spiro atoms. The molecule has 0 aliphatic heterocycles. The van der Waals surface area contributed by atoms with Gasteiger partial charge < -0.3 is 15.4 Å². The second-order valence-corrected chi connectivity index (χ2v) is 6.33. The molecule has 2 aromatic carbocycles. The number of carbonyl (C=O) groups is 2. The minimum Gasteiger partial charge on any atom is -0.492 e. The van der Waals surface area contributed by atoms with E-state index in [4.69, 9.17) is 4.74 Å². The molecular weight excluding hydrogens is 316 g/mol. The van der Waals surface area contributed by atoms with Crippen molar-refractivity contribution >= 4 is 23.2 Å². The highest BCUT2D eigenvalue weighted by Crippen LogP contribution is 2.27. The van der Waals surface area contributed by atoms with Crippen LogP contribution in [-0.4, -0.2) is 18.4 Å².